The Labute approximate surface area is 113 Å². The fraction of sp³-hybridized carbons (Fsp3) is 0.385. The molecule has 1 fully saturated rings. The van der Waals surface area contributed by atoms with Crippen LogP contribution in [0.4, 0.5) is 0 Å². The molecule has 94 valence electrons. The molecule has 0 spiro atoms. The maximum atomic E-state index is 5.41. The number of rotatable bonds is 3. The van der Waals surface area contributed by atoms with Gasteiger partial charge in [0.2, 0.25) is 0 Å². The topological polar surface area (TPSA) is 42.2 Å². The van der Waals surface area contributed by atoms with E-state index in [0.29, 0.717) is 0 Å². The first-order chi connectivity index (χ1) is 8.92. The summed E-state index contributed by atoms with van der Waals surface area (Å²) in [5.74, 6) is 0.955. The van der Waals surface area contributed by atoms with Crippen molar-refractivity contribution in [1.82, 2.24) is 15.0 Å². The Hall–Kier alpha value is -1.16. The standard InChI is InChI=1S/C13H15N3OSe/c1-3-14-4-2-11(1)13-9-12(17-15-13)10-16-5-7-18-8-6-16/h1-4,9H,5-8,10H2. The summed E-state index contributed by atoms with van der Waals surface area (Å²) >= 11 is 0.861. The number of hydrogen-bond donors (Lipinski definition) is 0. The van der Waals surface area contributed by atoms with Crippen LogP contribution in [0.5, 0.6) is 0 Å². The molecule has 3 rings (SSSR count). The molecule has 1 aliphatic rings. The summed E-state index contributed by atoms with van der Waals surface area (Å²) in [4.78, 5) is 6.45. The van der Waals surface area contributed by atoms with Crippen molar-refractivity contribution < 1.29 is 4.52 Å². The van der Waals surface area contributed by atoms with E-state index in [0.717, 1.165) is 38.5 Å². The SMILES string of the molecule is c1cc(-c2cc(CN3CC[Se]CC3)on2)ccn1. The Morgan fingerprint density at radius 3 is 2.78 bits per heavy atom. The Morgan fingerprint density at radius 1 is 1.22 bits per heavy atom. The Bertz CT molecular complexity index is 494. The van der Waals surface area contributed by atoms with Crippen LogP contribution in [0.15, 0.2) is 35.1 Å². The van der Waals surface area contributed by atoms with Crippen LogP contribution < -0.4 is 0 Å². The monoisotopic (exact) mass is 309 g/mol. The summed E-state index contributed by atoms with van der Waals surface area (Å²) in [6.45, 7) is 3.28. The molecule has 2 aromatic heterocycles. The van der Waals surface area contributed by atoms with E-state index in [1.54, 1.807) is 12.4 Å². The van der Waals surface area contributed by atoms with Crippen molar-refractivity contribution in [2.75, 3.05) is 13.1 Å². The minimum absolute atomic E-state index is 0.861. The van der Waals surface area contributed by atoms with E-state index in [2.05, 4.69) is 15.0 Å². The van der Waals surface area contributed by atoms with Gasteiger partial charge in [-0.3, -0.25) is 0 Å². The molecule has 0 aliphatic carbocycles. The maximum absolute atomic E-state index is 5.41. The van der Waals surface area contributed by atoms with Gasteiger partial charge in [0.25, 0.3) is 0 Å². The van der Waals surface area contributed by atoms with Crippen LogP contribution >= 0.6 is 0 Å². The van der Waals surface area contributed by atoms with Gasteiger partial charge in [-0.05, 0) is 0 Å². The Balaban J connectivity index is 1.69. The Kier molecular flexibility index (Phi) is 3.74. The van der Waals surface area contributed by atoms with Gasteiger partial charge in [0.1, 0.15) is 0 Å². The second-order valence-corrected chi connectivity index (χ2v) is 6.87. The molecule has 18 heavy (non-hydrogen) atoms. The summed E-state index contributed by atoms with van der Waals surface area (Å²) < 4.78 is 5.41. The first kappa shape index (κ1) is 11.9. The van der Waals surface area contributed by atoms with Crippen molar-refractivity contribution in [3.63, 3.8) is 0 Å². The van der Waals surface area contributed by atoms with E-state index in [4.69, 9.17) is 4.52 Å². The van der Waals surface area contributed by atoms with Crippen LogP contribution in [0.3, 0.4) is 0 Å². The van der Waals surface area contributed by atoms with Crippen LogP contribution in [0, 0.1) is 0 Å². The van der Waals surface area contributed by atoms with Crippen molar-refractivity contribution in [1.29, 1.82) is 0 Å². The molecule has 5 heteroatoms. The number of aromatic nitrogens is 2. The van der Waals surface area contributed by atoms with Gasteiger partial charge in [-0.25, -0.2) is 0 Å². The number of nitrogens with zero attached hydrogens (tertiary/aromatic N) is 3. The fourth-order valence-electron chi connectivity index (χ4n) is 2.03. The third-order valence-corrected chi connectivity index (χ3v) is 5.00. The first-order valence-electron chi connectivity index (χ1n) is 6.08. The van der Waals surface area contributed by atoms with Gasteiger partial charge in [-0.2, -0.15) is 0 Å². The minimum atomic E-state index is 0.861. The van der Waals surface area contributed by atoms with E-state index < -0.39 is 0 Å². The summed E-state index contributed by atoms with van der Waals surface area (Å²) in [5, 5.41) is 6.85. The fourth-order valence-corrected chi connectivity index (χ4v) is 4.08. The van der Waals surface area contributed by atoms with E-state index in [-0.39, 0.29) is 0 Å². The van der Waals surface area contributed by atoms with Crippen molar-refractivity contribution in [2.24, 2.45) is 0 Å². The second-order valence-electron chi connectivity index (χ2n) is 4.30. The summed E-state index contributed by atoms with van der Waals surface area (Å²) in [5.41, 5.74) is 1.95. The molecule has 0 amide bonds. The molecular formula is C13H15N3OSe. The zero-order chi connectivity index (χ0) is 12.2. The zero-order valence-electron chi connectivity index (χ0n) is 10.1. The van der Waals surface area contributed by atoms with Gasteiger partial charge in [0.05, 0.1) is 0 Å². The van der Waals surface area contributed by atoms with Gasteiger partial charge in [0.15, 0.2) is 0 Å². The predicted molar refractivity (Wildman–Crippen MR) is 70.4 cm³/mol. The average Bonchev–Trinajstić information content (AvgIpc) is 2.89. The first-order valence-corrected chi connectivity index (χ1v) is 8.50. The van der Waals surface area contributed by atoms with Crippen molar-refractivity contribution in [3.05, 3.63) is 36.4 Å². The Morgan fingerprint density at radius 2 is 2.00 bits per heavy atom. The molecule has 3 heterocycles. The molecular weight excluding hydrogens is 293 g/mol. The van der Waals surface area contributed by atoms with E-state index >= 15 is 0 Å². The molecule has 4 nitrogen and oxygen atoms in total. The van der Waals surface area contributed by atoms with E-state index in [1.165, 1.54) is 23.7 Å². The van der Waals surface area contributed by atoms with Gasteiger partial charge < -0.3 is 0 Å². The van der Waals surface area contributed by atoms with E-state index in [9.17, 15) is 0 Å². The van der Waals surface area contributed by atoms with Crippen LogP contribution in [-0.4, -0.2) is 43.1 Å². The summed E-state index contributed by atoms with van der Waals surface area (Å²) in [6, 6.07) is 5.94. The molecule has 0 bridgehead atoms. The number of hydrogen-bond acceptors (Lipinski definition) is 4. The van der Waals surface area contributed by atoms with Crippen LogP contribution in [0.2, 0.25) is 10.6 Å². The second kappa shape index (κ2) is 5.65. The summed E-state index contributed by atoms with van der Waals surface area (Å²) in [7, 11) is 0. The van der Waals surface area contributed by atoms with Gasteiger partial charge in [-0.15, -0.1) is 0 Å². The molecule has 0 saturated carbocycles. The molecule has 0 radical (unpaired) electrons. The molecule has 1 aliphatic heterocycles. The quantitative estimate of drug-likeness (QED) is 0.814. The molecule has 1 saturated heterocycles. The molecule has 0 N–H and O–H groups in total. The number of pyridine rings is 1. The van der Waals surface area contributed by atoms with E-state index in [1.807, 2.05) is 18.2 Å². The normalized spacial score (nSPS) is 16.9. The van der Waals surface area contributed by atoms with Crippen LogP contribution in [0.1, 0.15) is 5.76 Å². The molecule has 2 aromatic rings. The molecule has 0 unspecified atom stereocenters. The predicted octanol–water partition coefficient (Wildman–Crippen LogP) is 2.09. The van der Waals surface area contributed by atoms with Crippen molar-refractivity contribution in [2.45, 2.75) is 17.2 Å². The van der Waals surface area contributed by atoms with Gasteiger partial charge in [0, 0.05) is 0 Å². The van der Waals surface area contributed by atoms with Crippen molar-refractivity contribution in [3.8, 4) is 11.3 Å². The average molecular weight is 308 g/mol. The summed E-state index contributed by atoms with van der Waals surface area (Å²) in [6.07, 6.45) is 3.55. The van der Waals surface area contributed by atoms with Crippen LogP contribution in [0.25, 0.3) is 11.3 Å². The third kappa shape index (κ3) is 2.80. The van der Waals surface area contributed by atoms with Crippen molar-refractivity contribution >= 4 is 15.0 Å². The third-order valence-electron chi connectivity index (χ3n) is 3.02. The molecule has 0 aromatic carbocycles. The van der Waals surface area contributed by atoms with Crippen LogP contribution in [-0.2, 0) is 6.54 Å². The zero-order valence-corrected chi connectivity index (χ0v) is 11.8. The van der Waals surface area contributed by atoms with Gasteiger partial charge >= 0.3 is 112 Å². The van der Waals surface area contributed by atoms with Gasteiger partial charge in [-0.1, -0.05) is 0 Å². The molecule has 0 atom stereocenters.